The maximum Gasteiger partial charge on any atom is 0.251 e. The molecule has 1 saturated carbocycles. The molecule has 0 aromatic heterocycles. The van der Waals surface area contributed by atoms with Gasteiger partial charge in [0.25, 0.3) is 5.92 Å². The molecule has 1 aliphatic heterocycles. The van der Waals surface area contributed by atoms with Crippen LogP contribution >= 0.6 is 0 Å². The predicted octanol–water partition coefficient (Wildman–Crippen LogP) is 3.38. The Morgan fingerprint density at radius 2 is 1.83 bits per heavy atom. The Kier molecular flexibility index (Phi) is 2.68. The average molecular weight is 252 g/mol. The van der Waals surface area contributed by atoms with E-state index in [-0.39, 0.29) is 12.8 Å². The molecule has 1 aromatic rings. The minimum Gasteiger partial charge on any atom is -0.397 e. The van der Waals surface area contributed by atoms with Crippen LogP contribution in [0.1, 0.15) is 37.2 Å². The first-order valence-corrected chi connectivity index (χ1v) is 6.57. The molecule has 2 nitrogen and oxygen atoms in total. The van der Waals surface area contributed by atoms with Crippen molar-refractivity contribution >= 4 is 11.4 Å². The van der Waals surface area contributed by atoms with Crippen molar-refractivity contribution in [1.82, 2.24) is 0 Å². The molecule has 0 unspecified atom stereocenters. The molecule has 0 radical (unpaired) electrons. The maximum absolute atomic E-state index is 13.2. The number of hydrogen-bond acceptors (Lipinski definition) is 2. The summed E-state index contributed by atoms with van der Waals surface area (Å²) in [6.45, 7) is 0.788. The van der Waals surface area contributed by atoms with Gasteiger partial charge in [-0.2, -0.15) is 0 Å². The zero-order chi connectivity index (χ0) is 12.8. The van der Waals surface area contributed by atoms with E-state index in [9.17, 15) is 8.78 Å². The molecule has 0 spiro atoms. The van der Waals surface area contributed by atoms with Gasteiger partial charge in [-0.15, -0.1) is 0 Å². The van der Waals surface area contributed by atoms with Crippen LogP contribution in [0, 0.1) is 0 Å². The SMILES string of the molecule is Nc1ccc(C2CC2)cc1N1CCC(F)(F)CC1. The number of benzene rings is 1. The van der Waals surface area contributed by atoms with Gasteiger partial charge in [-0.3, -0.25) is 0 Å². The van der Waals surface area contributed by atoms with Gasteiger partial charge < -0.3 is 10.6 Å². The largest absolute Gasteiger partial charge is 0.397 e. The zero-order valence-corrected chi connectivity index (χ0v) is 10.3. The minimum atomic E-state index is -2.50. The van der Waals surface area contributed by atoms with E-state index in [4.69, 9.17) is 5.73 Å². The van der Waals surface area contributed by atoms with Crippen molar-refractivity contribution in [3.05, 3.63) is 23.8 Å². The summed E-state index contributed by atoms with van der Waals surface area (Å²) < 4.78 is 26.3. The molecule has 4 heteroatoms. The number of nitrogens with two attached hydrogens (primary N) is 1. The van der Waals surface area contributed by atoms with E-state index in [1.165, 1.54) is 18.4 Å². The molecule has 0 bridgehead atoms. The highest BCUT2D eigenvalue weighted by Gasteiger charge is 2.34. The fourth-order valence-corrected chi connectivity index (χ4v) is 2.58. The molecular weight excluding hydrogens is 234 g/mol. The Bertz CT molecular complexity index is 445. The summed E-state index contributed by atoms with van der Waals surface area (Å²) in [5.74, 6) is -1.84. The van der Waals surface area contributed by atoms with E-state index in [2.05, 4.69) is 12.1 Å². The highest BCUT2D eigenvalue weighted by atomic mass is 19.3. The van der Waals surface area contributed by atoms with Crippen molar-refractivity contribution in [2.75, 3.05) is 23.7 Å². The Hall–Kier alpha value is -1.32. The van der Waals surface area contributed by atoms with Crippen molar-refractivity contribution in [2.24, 2.45) is 0 Å². The van der Waals surface area contributed by atoms with Crippen LogP contribution in [0.5, 0.6) is 0 Å². The third-order valence-electron chi connectivity index (χ3n) is 3.94. The van der Waals surface area contributed by atoms with Crippen LogP contribution in [0.3, 0.4) is 0 Å². The highest BCUT2D eigenvalue weighted by molar-refractivity contribution is 5.69. The van der Waals surface area contributed by atoms with Gasteiger partial charge in [0.15, 0.2) is 0 Å². The van der Waals surface area contributed by atoms with E-state index in [1.807, 2.05) is 11.0 Å². The molecule has 3 rings (SSSR count). The topological polar surface area (TPSA) is 29.3 Å². The van der Waals surface area contributed by atoms with Crippen LogP contribution in [-0.4, -0.2) is 19.0 Å². The first-order valence-electron chi connectivity index (χ1n) is 6.57. The Labute approximate surface area is 106 Å². The molecule has 2 N–H and O–H groups in total. The molecule has 0 atom stereocenters. The third-order valence-corrected chi connectivity index (χ3v) is 3.94. The number of nitrogens with zero attached hydrogens (tertiary/aromatic N) is 1. The molecule has 2 aliphatic rings. The van der Waals surface area contributed by atoms with E-state index in [0.717, 1.165) is 5.69 Å². The molecule has 2 fully saturated rings. The van der Waals surface area contributed by atoms with Gasteiger partial charge in [0.05, 0.1) is 11.4 Å². The lowest BCUT2D eigenvalue weighted by Crippen LogP contribution is -2.39. The van der Waals surface area contributed by atoms with Crippen LogP contribution < -0.4 is 10.6 Å². The summed E-state index contributed by atoms with van der Waals surface area (Å²) in [6.07, 6.45) is 2.34. The summed E-state index contributed by atoms with van der Waals surface area (Å²) in [5.41, 5.74) is 8.92. The smallest absolute Gasteiger partial charge is 0.251 e. The number of nitrogen functional groups attached to an aromatic ring is 1. The summed E-state index contributed by atoms with van der Waals surface area (Å²) in [5, 5.41) is 0. The molecule has 18 heavy (non-hydrogen) atoms. The van der Waals surface area contributed by atoms with Gasteiger partial charge in [-0.05, 0) is 36.5 Å². The van der Waals surface area contributed by atoms with E-state index >= 15 is 0 Å². The van der Waals surface area contributed by atoms with Crippen molar-refractivity contribution in [3.63, 3.8) is 0 Å². The predicted molar refractivity (Wildman–Crippen MR) is 69.2 cm³/mol. The second kappa shape index (κ2) is 4.11. The average Bonchev–Trinajstić information content (AvgIpc) is 3.14. The van der Waals surface area contributed by atoms with Crippen LogP contribution in [-0.2, 0) is 0 Å². The summed E-state index contributed by atoms with van der Waals surface area (Å²) in [7, 11) is 0. The molecule has 0 amide bonds. The normalized spacial score (nSPS) is 23.1. The van der Waals surface area contributed by atoms with Gasteiger partial charge in [-0.25, -0.2) is 8.78 Å². The van der Waals surface area contributed by atoms with Gasteiger partial charge >= 0.3 is 0 Å². The minimum absolute atomic E-state index is 0.0693. The number of alkyl halides is 2. The standard InChI is InChI=1S/C14H18F2N2/c15-14(16)5-7-18(8-6-14)13-9-11(10-1-2-10)3-4-12(13)17/h3-4,9-10H,1-2,5-8,17H2. The molecular formula is C14H18F2N2. The second-order valence-corrected chi connectivity index (χ2v) is 5.44. The fraction of sp³-hybridized carbons (Fsp3) is 0.571. The van der Waals surface area contributed by atoms with Crippen molar-refractivity contribution in [1.29, 1.82) is 0 Å². The van der Waals surface area contributed by atoms with Gasteiger partial charge in [0, 0.05) is 25.9 Å². The van der Waals surface area contributed by atoms with Crippen molar-refractivity contribution < 1.29 is 8.78 Å². The van der Waals surface area contributed by atoms with Crippen LogP contribution in [0.25, 0.3) is 0 Å². The van der Waals surface area contributed by atoms with Crippen molar-refractivity contribution in [2.45, 2.75) is 37.5 Å². The van der Waals surface area contributed by atoms with Crippen LogP contribution in [0.2, 0.25) is 0 Å². The summed E-state index contributed by atoms with van der Waals surface area (Å²) in [4.78, 5) is 2.00. The van der Waals surface area contributed by atoms with Gasteiger partial charge in [-0.1, -0.05) is 6.07 Å². The number of rotatable bonds is 2. The lowest BCUT2D eigenvalue weighted by Gasteiger charge is -2.34. The van der Waals surface area contributed by atoms with E-state index < -0.39 is 5.92 Å². The Morgan fingerprint density at radius 3 is 2.44 bits per heavy atom. The monoisotopic (exact) mass is 252 g/mol. The quantitative estimate of drug-likeness (QED) is 0.817. The van der Waals surface area contributed by atoms with E-state index in [1.54, 1.807) is 0 Å². The first-order chi connectivity index (χ1) is 8.55. The molecule has 1 aliphatic carbocycles. The van der Waals surface area contributed by atoms with Crippen LogP contribution in [0.15, 0.2) is 18.2 Å². The molecule has 1 aromatic carbocycles. The van der Waals surface area contributed by atoms with Gasteiger partial charge in [0.2, 0.25) is 0 Å². The first kappa shape index (κ1) is 11.8. The van der Waals surface area contributed by atoms with Gasteiger partial charge in [0.1, 0.15) is 0 Å². The molecule has 1 saturated heterocycles. The molecule has 98 valence electrons. The van der Waals surface area contributed by atoms with Crippen molar-refractivity contribution in [3.8, 4) is 0 Å². The third kappa shape index (κ3) is 2.28. The highest BCUT2D eigenvalue weighted by Crippen LogP contribution is 2.42. The maximum atomic E-state index is 13.2. The summed E-state index contributed by atoms with van der Waals surface area (Å²) in [6, 6.07) is 6.07. The lowest BCUT2D eigenvalue weighted by molar-refractivity contribution is -0.0220. The Balaban J connectivity index is 1.81. The number of hydrogen-bond donors (Lipinski definition) is 1. The fourth-order valence-electron chi connectivity index (χ4n) is 2.58. The summed E-state index contributed by atoms with van der Waals surface area (Å²) >= 11 is 0. The number of halogens is 2. The lowest BCUT2D eigenvalue weighted by atomic mass is 10.0. The number of piperidine rings is 1. The zero-order valence-electron chi connectivity index (χ0n) is 10.3. The van der Waals surface area contributed by atoms with E-state index in [0.29, 0.717) is 24.7 Å². The number of anilines is 2. The Morgan fingerprint density at radius 1 is 1.17 bits per heavy atom. The molecule has 1 heterocycles. The second-order valence-electron chi connectivity index (χ2n) is 5.44. The van der Waals surface area contributed by atoms with Crippen LogP contribution in [0.4, 0.5) is 20.2 Å².